The van der Waals surface area contributed by atoms with E-state index < -0.39 is 75.1 Å². The van der Waals surface area contributed by atoms with Crippen LogP contribution in [0.25, 0.3) is 0 Å². The quantitative estimate of drug-likeness (QED) is 0.200. The van der Waals surface area contributed by atoms with Crippen molar-refractivity contribution < 1.29 is 302 Å². The van der Waals surface area contributed by atoms with Crippen molar-refractivity contribution in [1.82, 2.24) is 9.80 Å². The Hall–Kier alpha value is 4.65. The number of hydrogen-bond donors (Lipinski definition) is 0. The van der Waals surface area contributed by atoms with E-state index in [9.17, 15) is 59.4 Å². The zero-order chi connectivity index (χ0) is 20.9. The van der Waals surface area contributed by atoms with Crippen molar-refractivity contribution in [3.63, 3.8) is 0 Å². The predicted octanol–water partition coefficient (Wildman–Crippen LogP) is -28.9. The fourth-order valence-corrected chi connectivity index (χ4v) is 1.43. The molecule has 0 spiro atoms. The molecule has 0 fully saturated rings. The van der Waals surface area contributed by atoms with Gasteiger partial charge in [-0.1, -0.05) is 0 Å². The molecule has 0 rings (SSSR count). The van der Waals surface area contributed by atoms with Gasteiger partial charge in [-0.2, -0.15) is 0 Å². The van der Waals surface area contributed by atoms with Gasteiger partial charge in [-0.3, -0.25) is 9.80 Å². The van der Waals surface area contributed by atoms with E-state index in [2.05, 4.69) is 0 Å². The standard InChI is InChI=1S/2C6H9NO6.3K.3Na/c2*8-4(9)1-7(2-5(10)11)3-6(12)13;;;;;;/h2*1-3H2,(H,8,9)(H,10,11)(H,12,13);;;;;;/q;;6*+1/p-6. The summed E-state index contributed by atoms with van der Waals surface area (Å²) in [6.45, 7) is -4.74. The molecule has 0 aliphatic rings. The minimum absolute atomic E-state index is 0. The molecule has 0 bridgehead atoms. The van der Waals surface area contributed by atoms with Gasteiger partial charge < -0.3 is 59.4 Å². The van der Waals surface area contributed by atoms with Crippen LogP contribution in [-0.2, 0) is 28.8 Å². The van der Waals surface area contributed by atoms with Crippen LogP contribution in [0.5, 0.6) is 0 Å². The Morgan fingerprint density at radius 3 is 0.531 bits per heavy atom. The summed E-state index contributed by atoms with van der Waals surface area (Å²) in [7, 11) is 0. The van der Waals surface area contributed by atoms with Crippen molar-refractivity contribution >= 4 is 35.8 Å². The van der Waals surface area contributed by atoms with Gasteiger partial charge in [-0.05, 0) is 0 Å². The molecule has 0 atom stereocenters. The van der Waals surface area contributed by atoms with Gasteiger partial charge in [-0.25, -0.2) is 0 Å². The molecule has 0 aliphatic carbocycles. The van der Waals surface area contributed by atoms with Crippen molar-refractivity contribution in [1.29, 1.82) is 0 Å². The van der Waals surface area contributed by atoms with Crippen LogP contribution in [-0.4, -0.2) is 84.9 Å². The van der Waals surface area contributed by atoms with E-state index in [1.54, 1.807) is 0 Å². The number of carbonyl (C=O) groups excluding carboxylic acids is 6. The Morgan fingerprint density at radius 1 is 0.375 bits per heavy atom. The van der Waals surface area contributed by atoms with E-state index in [0.717, 1.165) is 0 Å². The van der Waals surface area contributed by atoms with E-state index in [4.69, 9.17) is 0 Å². The van der Waals surface area contributed by atoms with Crippen molar-refractivity contribution in [3.8, 4) is 0 Å². The molecule has 0 heterocycles. The first-order valence-corrected chi connectivity index (χ1v) is 6.47. The topological polar surface area (TPSA) is 247 Å². The van der Waals surface area contributed by atoms with Gasteiger partial charge in [0.25, 0.3) is 0 Å². The monoisotopic (exact) mass is 562 g/mol. The second-order valence-electron chi connectivity index (χ2n) is 4.52. The predicted molar refractivity (Wildman–Crippen MR) is 62.9 cm³/mol. The Kier molecular flexibility index (Phi) is 63.2. The van der Waals surface area contributed by atoms with Crippen molar-refractivity contribution in [3.05, 3.63) is 0 Å². The minimum atomic E-state index is -1.57. The SMILES string of the molecule is O=C([O-])CN(CC(=O)[O-])CC(=O)[O-].O=C([O-])CN(CC(=O)[O-])CC(=O)[O-].[K+].[K+].[K+].[Na+].[Na+].[Na+]. The molecule has 0 N–H and O–H groups in total. The molecule has 0 aromatic rings. The first-order valence-electron chi connectivity index (χ1n) is 6.47. The van der Waals surface area contributed by atoms with Gasteiger partial charge in [0.1, 0.15) is 0 Å². The second-order valence-corrected chi connectivity index (χ2v) is 4.52. The summed E-state index contributed by atoms with van der Waals surface area (Å²) in [6.07, 6.45) is 0. The van der Waals surface area contributed by atoms with Crippen LogP contribution in [0.1, 0.15) is 0 Å². The average Bonchev–Trinajstić information content (AvgIpc) is 2.33. The molecule has 0 aromatic heterocycles. The zero-order valence-corrected chi connectivity index (χ0v) is 34.4. The maximum absolute atomic E-state index is 9.99. The molecule has 0 saturated heterocycles. The summed E-state index contributed by atoms with van der Waals surface area (Å²) in [6, 6.07) is 0. The number of aliphatic carboxylic acids is 6. The molecule has 0 amide bonds. The summed E-state index contributed by atoms with van der Waals surface area (Å²) in [5.41, 5.74) is 0. The molecule has 14 nitrogen and oxygen atoms in total. The van der Waals surface area contributed by atoms with Crippen LogP contribution >= 0.6 is 0 Å². The normalized spacial score (nSPS) is 8.06. The molecule has 32 heavy (non-hydrogen) atoms. The van der Waals surface area contributed by atoms with E-state index in [-0.39, 0.29) is 243 Å². The van der Waals surface area contributed by atoms with Crippen molar-refractivity contribution in [2.75, 3.05) is 39.3 Å². The maximum atomic E-state index is 9.99. The number of carboxylic acid groups (broad SMARTS) is 6. The second kappa shape index (κ2) is 35.6. The number of carbonyl (C=O) groups is 6. The molecule has 0 saturated carbocycles. The van der Waals surface area contributed by atoms with E-state index >= 15 is 0 Å². The number of carboxylic acids is 6. The van der Waals surface area contributed by atoms with Crippen molar-refractivity contribution in [2.45, 2.75) is 0 Å². The fraction of sp³-hybridized carbons (Fsp3) is 0.500. The Labute approximate surface area is 377 Å². The molecule has 0 unspecified atom stereocenters. The fourth-order valence-electron chi connectivity index (χ4n) is 1.43. The summed E-state index contributed by atoms with van der Waals surface area (Å²) in [4.78, 5) is 61.2. The van der Waals surface area contributed by atoms with E-state index in [0.29, 0.717) is 9.80 Å². The summed E-state index contributed by atoms with van der Waals surface area (Å²) in [5.74, 6) is -9.40. The Bertz CT molecular complexity index is 451. The van der Waals surface area contributed by atoms with Crippen LogP contribution in [0, 0.1) is 0 Å². The van der Waals surface area contributed by atoms with E-state index in [1.165, 1.54) is 0 Å². The third-order valence-corrected chi connectivity index (χ3v) is 2.12. The third kappa shape index (κ3) is 47.8. The third-order valence-electron chi connectivity index (χ3n) is 2.12. The molecule has 20 heteroatoms. The summed E-state index contributed by atoms with van der Waals surface area (Å²) >= 11 is 0. The van der Waals surface area contributed by atoms with Crippen LogP contribution in [0.4, 0.5) is 0 Å². The first-order chi connectivity index (χ1) is 11.8. The summed E-state index contributed by atoms with van der Waals surface area (Å²) < 4.78 is 0. The largest absolute Gasteiger partial charge is 1.00 e. The van der Waals surface area contributed by atoms with Crippen LogP contribution in [0.3, 0.4) is 0 Å². The molecule has 0 aliphatic heterocycles. The zero-order valence-electron chi connectivity index (χ0n) is 19.0. The van der Waals surface area contributed by atoms with Crippen molar-refractivity contribution in [2.24, 2.45) is 0 Å². The molecular formula is C12H12K3N2Na3O12. The van der Waals surface area contributed by atoms with Crippen LogP contribution in [0.2, 0.25) is 0 Å². The molecule has 0 aromatic carbocycles. The number of hydrogen-bond acceptors (Lipinski definition) is 14. The van der Waals surface area contributed by atoms with Crippen LogP contribution < -0.4 is 273 Å². The van der Waals surface area contributed by atoms with Gasteiger partial charge in [0.15, 0.2) is 0 Å². The van der Waals surface area contributed by atoms with Crippen LogP contribution in [0.15, 0.2) is 0 Å². The first kappa shape index (κ1) is 56.7. The molecule has 0 radical (unpaired) electrons. The van der Waals surface area contributed by atoms with Gasteiger partial charge in [-0.15, -0.1) is 0 Å². The molecule has 148 valence electrons. The number of rotatable bonds is 12. The van der Waals surface area contributed by atoms with Gasteiger partial charge in [0.05, 0.1) is 35.8 Å². The smallest absolute Gasteiger partial charge is 0.549 e. The maximum Gasteiger partial charge on any atom is 1.00 e. The van der Waals surface area contributed by atoms with Gasteiger partial charge in [0.2, 0.25) is 0 Å². The van der Waals surface area contributed by atoms with Gasteiger partial charge in [0, 0.05) is 39.3 Å². The average molecular weight is 562 g/mol. The summed E-state index contributed by atoms with van der Waals surface area (Å²) in [5, 5.41) is 60.0. The number of nitrogens with zero attached hydrogens (tertiary/aromatic N) is 2. The molecular weight excluding hydrogens is 550 g/mol. The Morgan fingerprint density at radius 2 is 0.469 bits per heavy atom. The Balaban J connectivity index is -0.0000000505. The van der Waals surface area contributed by atoms with E-state index in [1.807, 2.05) is 0 Å². The minimum Gasteiger partial charge on any atom is -0.549 e. The van der Waals surface area contributed by atoms with Gasteiger partial charge >= 0.3 is 243 Å².